The Morgan fingerprint density at radius 2 is 1.57 bits per heavy atom. The number of aromatic nitrogens is 1. The standard InChI is InChI=1S/C19H15ClF5NO2/c20-11-3-5-13-15(9-11)26-16-10-12(4-6-14(16)17(13)27)28-8-2-1-7-18(21,22)19(23,24)25/h3-6,9-10H,1-2,7-8H2,(H,26,27). The van der Waals surface area contributed by atoms with Crippen molar-refractivity contribution < 1.29 is 26.7 Å². The monoisotopic (exact) mass is 419 g/mol. The lowest BCUT2D eigenvalue weighted by molar-refractivity contribution is -0.284. The van der Waals surface area contributed by atoms with Crippen LogP contribution in [0, 0.1) is 0 Å². The number of nitrogens with one attached hydrogen (secondary N) is 1. The number of hydrogen-bond donors (Lipinski definition) is 1. The van der Waals surface area contributed by atoms with Crippen LogP contribution in [-0.4, -0.2) is 23.7 Å². The van der Waals surface area contributed by atoms with Crippen LogP contribution in [0.2, 0.25) is 5.02 Å². The molecule has 1 N–H and O–H groups in total. The SMILES string of the molecule is O=c1c2ccc(Cl)cc2[nH]c2cc(OCCCCC(F)(F)C(F)(F)F)ccc12. The van der Waals surface area contributed by atoms with Gasteiger partial charge in [-0.15, -0.1) is 0 Å². The lowest BCUT2D eigenvalue weighted by Crippen LogP contribution is -2.36. The molecule has 0 amide bonds. The minimum atomic E-state index is -5.54. The van der Waals surface area contributed by atoms with Gasteiger partial charge in [-0.3, -0.25) is 4.79 Å². The van der Waals surface area contributed by atoms with Gasteiger partial charge in [-0.1, -0.05) is 11.6 Å². The van der Waals surface area contributed by atoms with Crippen molar-refractivity contribution in [2.24, 2.45) is 0 Å². The van der Waals surface area contributed by atoms with Gasteiger partial charge in [-0.05, 0) is 43.2 Å². The van der Waals surface area contributed by atoms with Gasteiger partial charge in [0.15, 0.2) is 5.43 Å². The number of fused-ring (bicyclic) bond motifs is 2. The first-order valence-corrected chi connectivity index (χ1v) is 8.79. The third kappa shape index (κ3) is 4.22. The maximum Gasteiger partial charge on any atom is 0.453 e. The summed E-state index contributed by atoms with van der Waals surface area (Å²) in [5.41, 5.74) is 0.874. The van der Waals surface area contributed by atoms with E-state index in [1.54, 1.807) is 36.4 Å². The normalized spacial score (nSPS) is 12.6. The van der Waals surface area contributed by atoms with Gasteiger partial charge in [0.05, 0.1) is 17.6 Å². The molecular formula is C19H15ClF5NO2. The molecule has 0 aliphatic rings. The number of aromatic amines is 1. The fourth-order valence-electron chi connectivity index (χ4n) is 2.80. The molecule has 150 valence electrons. The third-order valence-electron chi connectivity index (χ3n) is 4.30. The molecule has 0 aliphatic carbocycles. The zero-order valence-electron chi connectivity index (χ0n) is 14.4. The van der Waals surface area contributed by atoms with Crippen molar-refractivity contribution in [3.63, 3.8) is 0 Å². The number of alkyl halides is 5. The number of unbranched alkanes of at least 4 members (excludes halogenated alkanes) is 1. The molecule has 2 aromatic carbocycles. The Morgan fingerprint density at radius 3 is 2.25 bits per heavy atom. The zero-order chi connectivity index (χ0) is 20.5. The second-order valence-electron chi connectivity index (χ2n) is 6.36. The summed E-state index contributed by atoms with van der Waals surface area (Å²) < 4.78 is 67.4. The van der Waals surface area contributed by atoms with E-state index in [4.69, 9.17) is 16.3 Å². The molecule has 0 radical (unpaired) electrons. The van der Waals surface area contributed by atoms with Crippen molar-refractivity contribution in [3.05, 3.63) is 51.6 Å². The average molecular weight is 420 g/mol. The Bertz CT molecular complexity index is 1060. The number of rotatable bonds is 6. The van der Waals surface area contributed by atoms with Crippen LogP contribution in [-0.2, 0) is 0 Å². The van der Waals surface area contributed by atoms with Gasteiger partial charge in [-0.2, -0.15) is 22.0 Å². The predicted molar refractivity (Wildman–Crippen MR) is 97.4 cm³/mol. The number of ether oxygens (including phenoxy) is 1. The van der Waals surface area contributed by atoms with E-state index in [-0.39, 0.29) is 24.9 Å². The van der Waals surface area contributed by atoms with Gasteiger partial charge in [-0.25, -0.2) is 0 Å². The van der Waals surface area contributed by atoms with Crippen molar-refractivity contribution in [2.45, 2.75) is 31.4 Å². The summed E-state index contributed by atoms with van der Waals surface area (Å²) in [7, 11) is 0. The molecule has 0 fully saturated rings. The molecule has 28 heavy (non-hydrogen) atoms. The topological polar surface area (TPSA) is 42.1 Å². The maximum atomic E-state index is 12.8. The minimum absolute atomic E-state index is 0.0247. The number of hydrogen-bond acceptors (Lipinski definition) is 2. The number of pyridine rings is 1. The second kappa shape index (κ2) is 7.58. The molecule has 3 aromatic rings. The van der Waals surface area contributed by atoms with Gasteiger partial charge < -0.3 is 9.72 Å². The Morgan fingerprint density at radius 1 is 0.929 bits per heavy atom. The van der Waals surface area contributed by atoms with Crippen molar-refractivity contribution in [1.29, 1.82) is 0 Å². The van der Waals surface area contributed by atoms with Crippen LogP contribution in [0.15, 0.2) is 41.2 Å². The second-order valence-corrected chi connectivity index (χ2v) is 6.80. The van der Waals surface area contributed by atoms with Gasteiger partial charge >= 0.3 is 12.1 Å². The summed E-state index contributed by atoms with van der Waals surface area (Å²) in [6.45, 7) is -0.0247. The highest BCUT2D eigenvalue weighted by molar-refractivity contribution is 6.31. The summed E-state index contributed by atoms with van der Waals surface area (Å²) in [5.74, 6) is -4.33. The van der Waals surface area contributed by atoms with E-state index < -0.39 is 18.5 Å². The lowest BCUT2D eigenvalue weighted by atomic mass is 10.1. The highest BCUT2D eigenvalue weighted by atomic mass is 35.5. The van der Waals surface area contributed by atoms with Crippen LogP contribution in [0.3, 0.4) is 0 Å². The molecule has 3 nitrogen and oxygen atoms in total. The Labute approximate surface area is 161 Å². The first-order valence-electron chi connectivity index (χ1n) is 8.41. The van der Waals surface area contributed by atoms with Crippen LogP contribution < -0.4 is 10.2 Å². The quantitative estimate of drug-likeness (QED) is 0.299. The molecule has 9 heteroatoms. The summed E-state index contributed by atoms with van der Waals surface area (Å²) in [5, 5.41) is 1.38. The molecular weight excluding hydrogens is 405 g/mol. The van der Waals surface area contributed by atoms with Crippen LogP contribution in [0.4, 0.5) is 22.0 Å². The fraction of sp³-hybridized carbons (Fsp3) is 0.316. The third-order valence-corrected chi connectivity index (χ3v) is 4.53. The van der Waals surface area contributed by atoms with Crippen molar-refractivity contribution >= 4 is 33.4 Å². The Kier molecular flexibility index (Phi) is 5.52. The predicted octanol–water partition coefficient (Wildman–Crippen LogP) is 6.08. The molecule has 0 saturated heterocycles. The summed E-state index contributed by atoms with van der Waals surface area (Å²) in [4.78, 5) is 15.6. The van der Waals surface area contributed by atoms with Crippen LogP contribution in [0.25, 0.3) is 21.8 Å². The van der Waals surface area contributed by atoms with E-state index >= 15 is 0 Å². The maximum absolute atomic E-state index is 12.8. The molecule has 1 aromatic heterocycles. The van der Waals surface area contributed by atoms with E-state index in [1.807, 2.05) is 0 Å². The van der Waals surface area contributed by atoms with Crippen LogP contribution in [0.5, 0.6) is 5.75 Å². The Hall–Kier alpha value is -2.35. The highest BCUT2D eigenvalue weighted by Crippen LogP contribution is 2.39. The van der Waals surface area contributed by atoms with E-state index in [0.29, 0.717) is 32.6 Å². The Balaban J connectivity index is 1.68. The summed E-state index contributed by atoms with van der Waals surface area (Å²) >= 11 is 5.94. The first kappa shape index (κ1) is 20.4. The molecule has 0 aliphatic heterocycles. The molecule has 1 heterocycles. The van der Waals surface area contributed by atoms with Gasteiger partial charge in [0.25, 0.3) is 0 Å². The summed E-state index contributed by atoms with van der Waals surface area (Å²) in [6.07, 6.45) is -7.12. The van der Waals surface area contributed by atoms with E-state index in [1.165, 1.54) is 0 Å². The molecule has 0 spiro atoms. The molecule has 0 atom stereocenters. The van der Waals surface area contributed by atoms with E-state index in [2.05, 4.69) is 4.98 Å². The largest absolute Gasteiger partial charge is 0.494 e. The number of halogens is 6. The summed E-state index contributed by atoms with van der Waals surface area (Å²) in [6, 6.07) is 9.54. The van der Waals surface area contributed by atoms with Gasteiger partial charge in [0.2, 0.25) is 0 Å². The lowest BCUT2D eigenvalue weighted by Gasteiger charge is -2.19. The van der Waals surface area contributed by atoms with E-state index in [0.717, 1.165) is 0 Å². The minimum Gasteiger partial charge on any atom is -0.494 e. The first-order chi connectivity index (χ1) is 13.1. The average Bonchev–Trinajstić information content (AvgIpc) is 2.60. The van der Waals surface area contributed by atoms with Crippen molar-refractivity contribution in [2.75, 3.05) is 6.61 Å². The molecule has 0 bridgehead atoms. The molecule has 3 rings (SSSR count). The number of H-pyrrole nitrogens is 1. The van der Waals surface area contributed by atoms with Crippen LogP contribution in [0.1, 0.15) is 19.3 Å². The highest BCUT2D eigenvalue weighted by Gasteiger charge is 2.56. The van der Waals surface area contributed by atoms with Gasteiger partial charge in [0, 0.05) is 28.3 Å². The van der Waals surface area contributed by atoms with Crippen molar-refractivity contribution in [3.8, 4) is 5.75 Å². The van der Waals surface area contributed by atoms with Crippen LogP contribution >= 0.6 is 11.6 Å². The van der Waals surface area contributed by atoms with Gasteiger partial charge in [0.1, 0.15) is 5.75 Å². The number of benzene rings is 2. The van der Waals surface area contributed by atoms with Crippen molar-refractivity contribution in [1.82, 2.24) is 4.98 Å². The smallest absolute Gasteiger partial charge is 0.453 e. The van der Waals surface area contributed by atoms with E-state index in [9.17, 15) is 26.7 Å². The zero-order valence-corrected chi connectivity index (χ0v) is 15.1. The molecule has 0 unspecified atom stereocenters. The fourth-order valence-corrected chi connectivity index (χ4v) is 2.98. The molecule has 0 saturated carbocycles.